The van der Waals surface area contributed by atoms with E-state index < -0.39 is 21.7 Å². The highest BCUT2D eigenvalue weighted by atomic mass is 32.2. The van der Waals surface area contributed by atoms with Gasteiger partial charge in [0.05, 0.1) is 11.9 Å². The van der Waals surface area contributed by atoms with Crippen LogP contribution in [0.25, 0.3) is 0 Å². The van der Waals surface area contributed by atoms with Crippen LogP contribution in [0.4, 0.5) is 5.82 Å². The Morgan fingerprint density at radius 2 is 1.76 bits per heavy atom. The zero-order valence-corrected chi connectivity index (χ0v) is 16.7. The number of rotatable bonds is 6. The molecule has 3 N–H and O–H groups in total. The average Bonchev–Trinajstić information content (AvgIpc) is 2.78. The van der Waals surface area contributed by atoms with Crippen molar-refractivity contribution >= 4 is 27.5 Å². The fourth-order valence-corrected chi connectivity index (χ4v) is 4.11. The van der Waals surface area contributed by atoms with Crippen molar-refractivity contribution in [2.24, 2.45) is 5.84 Å². The quantitative estimate of drug-likeness (QED) is 0.284. The number of aromatic nitrogens is 2. The molecule has 1 aliphatic rings. The fraction of sp³-hybridized carbons (Fsp3) is 0.333. The van der Waals surface area contributed by atoms with E-state index in [2.05, 4.69) is 9.97 Å². The number of amides is 1. The van der Waals surface area contributed by atoms with E-state index in [1.165, 1.54) is 10.5 Å². The summed E-state index contributed by atoms with van der Waals surface area (Å²) in [5.41, 5.74) is 2.09. The molecule has 10 nitrogen and oxygen atoms in total. The van der Waals surface area contributed by atoms with Gasteiger partial charge < -0.3 is 4.90 Å². The second-order valence-electron chi connectivity index (χ2n) is 6.38. The molecule has 0 atom stereocenters. The summed E-state index contributed by atoms with van der Waals surface area (Å²) in [4.78, 5) is 35.3. The van der Waals surface area contributed by atoms with E-state index in [9.17, 15) is 18.0 Å². The minimum Gasteiger partial charge on any atom is -0.353 e. The number of hydrazine groups is 1. The molecule has 0 bridgehead atoms. The maximum Gasteiger partial charge on any atom is 0.286 e. The number of ketones is 1. The lowest BCUT2D eigenvalue weighted by Gasteiger charge is -2.34. The van der Waals surface area contributed by atoms with Gasteiger partial charge >= 0.3 is 0 Å². The SMILES string of the molecule is CCS(=O)(=O)N1CCN(c2cnc(C(=O)c3ccccc3)c(C(=O)NN)n2)CC1. The molecule has 0 unspecified atom stereocenters. The first-order chi connectivity index (χ1) is 13.9. The Bertz CT molecular complexity index is 1000. The second-order valence-corrected chi connectivity index (χ2v) is 8.64. The van der Waals surface area contributed by atoms with Gasteiger partial charge in [-0.2, -0.15) is 4.31 Å². The van der Waals surface area contributed by atoms with Crippen LogP contribution in [0.5, 0.6) is 0 Å². The molecule has 1 saturated heterocycles. The summed E-state index contributed by atoms with van der Waals surface area (Å²) in [7, 11) is -3.26. The number of carbonyl (C=O) groups excluding carboxylic acids is 2. The number of piperazine rings is 1. The average molecular weight is 418 g/mol. The van der Waals surface area contributed by atoms with Crippen LogP contribution in [-0.4, -0.2) is 66.3 Å². The van der Waals surface area contributed by atoms with Crippen LogP contribution < -0.4 is 16.2 Å². The molecule has 1 amide bonds. The highest BCUT2D eigenvalue weighted by Gasteiger charge is 2.28. The Labute approximate surface area is 168 Å². The van der Waals surface area contributed by atoms with Gasteiger partial charge in [-0.3, -0.25) is 15.0 Å². The highest BCUT2D eigenvalue weighted by Crippen LogP contribution is 2.18. The highest BCUT2D eigenvalue weighted by molar-refractivity contribution is 7.89. The number of hydrogen-bond donors (Lipinski definition) is 2. The predicted octanol–water partition coefficient (Wildman–Crippen LogP) is -0.217. The monoisotopic (exact) mass is 418 g/mol. The first-order valence-corrected chi connectivity index (χ1v) is 10.7. The van der Waals surface area contributed by atoms with Crippen molar-refractivity contribution in [2.75, 3.05) is 36.8 Å². The molecule has 1 aliphatic heterocycles. The molecule has 154 valence electrons. The smallest absolute Gasteiger partial charge is 0.286 e. The van der Waals surface area contributed by atoms with E-state index in [4.69, 9.17) is 5.84 Å². The van der Waals surface area contributed by atoms with Crippen molar-refractivity contribution in [2.45, 2.75) is 6.92 Å². The van der Waals surface area contributed by atoms with Crippen LogP contribution in [0.1, 0.15) is 33.5 Å². The van der Waals surface area contributed by atoms with Crippen LogP contribution in [-0.2, 0) is 10.0 Å². The van der Waals surface area contributed by atoms with E-state index in [0.29, 0.717) is 37.6 Å². The van der Waals surface area contributed by atoms with Gasteiger partial charge in [-0.25, -0.2) is 24.2 Å². The Balaban J connectivity index is 1.87. The molecule has 1 fully saturated rings. The van der Waals surface area contributed by atoms with Gasteiger partial charge in [0.25, 0.3) is 5.91 Å². The lowest BCUT2D eigenvalue weighted by atomic mass is 10.1. The zero-order chi connectivity index (χ0) is 21.0. The topological polar surface area (TPSA) is 139 Å². The minimum absolute atomic E-state index is 0.0456. The molecule has 3 rings (SSSR count). The molecule has 0 radical (unpaired) electrons. The third kappa shape index (κ3) is 4.42. The maximum absolute atomic E-state index is 12.8. The number of nitrogens with two attached hydrogens (primary N) is 1. The normalized spacial score (nSPS) is 15.2. The molecular formula is C18H22N6O4S. The molecule has 1 aromatic heterocycles. The van der Waals surface area contributed by atoms with Gasteiger partial charge in [0.1, 0.15) is 11.5 Å². The van der Waals surface area contributed by atoms with E-state index >= 15 is 0 Å². The summed E-state index contributed by atoms with van der Waals surface area (Å²) in [6, 6.07) is 8.44. The number of nitrogens with one attached hydrogen (secondary N) is 1. The predicted molar refractivity (Wildman–Crippen MR) is 107 cm³/mol. The molecule has 0 aliphatic carbocycles. The fourth-order valence-electron chi connectivity index (χ4n) is 3.03. The molecule has 0 saturated carbocycles. The summed E-state index contributed by atoms with van der Waals surface area (Å²) in [5, 5.41) is 0. The molecule has 2 heterocycles. The van der Waals surface area contributed by atoms with Crippen LogP contribution in [0, 0.1) is 0 Å². The van der Waals surface area contributed by atoms with Crippen molar-refractivity contribution in [1.29, 1.82) is 0 Å². The summed E-state index contributed by atoms with van der Waals surface area (Å²) in [6.45, 7) is 3.00. The number of benzene rings is 1. The van der Waals surface area contributed by atoms with Crippen LogP contribution in [0.2, 0.25) is 0 Å². The van der Waals surface area contributed by atoms with Gasteiger partial charge in [0, 0.05) is 31.7 Å². The van der Waals surface area contributed by atoms with Gasteiger partial charge in [-0.1, -0.05) is 30.3 Å². The Morgan fingerprint density at radius 3 is 2.34 bits per heavy atom. The lowest BCUT2D eigenvalue weighted by Crippen LogP contribution is -2.49. The van der Waals surface area contributed by atoms with E-state index in [0.717, 1.165) is 0 Å². The largest absolute Gasteiger partial charge is 0.353 e. The number of anilines is 1. The van der Waals surface area contributed by atoms with Gasteiger partial charge in [-0.05, 0) is 6.92 Å². The third-order valence-electron chi connectivity index (χ3n) is 4.68. The zero-order valence-electron chi connectivity index (χ0n) is 15.9. The first-order valence-electron chi connectivity index (χ1n) is 9.08. The first kappa shape index (κ1) is 20.8. The lowest BCUT2D eigenvalue weighted by molar-refractivity contribution is 0.0935. The van der Waals surface area contributed by atoms with Crippen molar-refractivity contribution in [3.05, 3.63) is 53.5 Å². The van der Waals surface area contributed by atoms with Crippen LogP contribution >= 0.6 is 0 Å². The molecule has 11 heteroatoms. The Kier molecular flexibility index (Phi) is 6.20. The Morgan fingerprint density at radius 1 is 1.10 bits per heavy atom. The standard InChI is InChI=1S/C18H22N6O4S/c1-2-29(27,28)24-10-8-23(9-11-24)14-12-20-15(16(21-14)18(26)22-19)17(25)13-6-4-3-5-7-13/h3-7,12H,2,8-11,19H2,1H3,(H,22,26). The maximum atomic E-state index is 12.8. The molecule has 29 heavy (non-hydrogen) atoms. The van der Waals surface area contributed by atoms with Crippen LogP contribution in [0.3, 0.4) is 0 Å². The molecular weight excluding hydrogens is 396 g/mol. The number of hydrogen-bond acceptors (Lipinski definition) is 8. The molecule has 0 spiro atoms. The number of carbonyl (C=O) groups is 2. The van der Waals surface area contributed by atoms with Crippen molar-refractivity contribution < 1.29 is 18.0 Å². The number of nitrogen functional groups attached to an aromatic ring is 1. The summed E-state index contributed by atoms with van der Waals surface area (Å²) >= 11 is 0. The number of nitrogens with zero attached hydrogens (tertiary/aromatic N) is 4. The third-order valence-corrected chi connectivity index (χ3v) is 6.56. The van der Waals surface area contributed by atoms with E-state index in [1.54, 1.807) is 37.3 Å². The van der Waals surface area contributed by atoms with E-state index in [-0.39, 0.29) is 17.1 Å². The van der Waals surface area contributed by atoms with Crippen LogP contribution in [0.15, 0.2) is 36.5 Å². The summed E-state index contributed by atoms with van der Waals surface area (Å²) in [5.74, 6) is 4.51. The summed E-state index contributed by atoms with van der Waals surface area (Å²) < 4.78 is 25.4. The van der Waals surface area contributed by atoms with Gasteiger partial charge in [0.15, 0.2) is 5.69 Å². The van der Waals surface area contributed by atoms with Gasteiger partial charge in [0.2, 0.25) is 15.8 Å². The minimum atomic E-state index is -3.26. The molecule has 1 aromatic carbocycles. The van der Waals surface area contributed by atoms with E-state index in [1.807, 2.05) is 10.3 Å². The Hall–Kier alpha value is -2.89. The molecule has 2 aromatic rings. The second kappa shape index (κ2) is 8.64. The van der Waals surface area contributed by atoms with Crippen molar-refractivity contribution in [1.82, 2.24) is 19.7 Å². The van der Waals surface area contributed by atoms with Gasteiger partial charge in [-0.15, -0.1) is 0 Å². The summed E-state index contributed by atoms with van der Waals surface area (Å²) in [6.07, 6.45) is 1.41. The van der Waals surface area contributed by atoms with Crippen molar-refractivity contribution in [3.63, 3.8) is 0 Å². The van der Waals surface area contributed by atoms with Crippen molar-refractivity contribution in [3.8, 4) is 0 Å². The number of sulfonamides is 1.